The largest absolute Gasteiger partial charge is 0.396 e. The summed E-state index contributed by atoms with van der Waals surface area (Å²) in [6, 6.07) is 0.508. The molecule has 3 heteroatoms. The number of nitrogens with one attached hydrogen (secondary N) is 1. The molecule has 0 aromatic rings. The van der Waals surface area contributed by atoms with Crippen molar-refractivity contribution in [1.82, 2.24) is 5.32 Å². The fourth-order valence-corrected chi connectivity index (χ4v) is 2.09. The van der Waals surface area contributed by atoms with E-state index < -0.39 is 0 Å². The minimum atomic E-state index is -0.0335. The van der Waals surface area contributed by atoms with Crippen molar-refractivity contribution in [2.75, 3.05) is 20.3 Å². The third-order valence-electron chi connectivity index (χ3n) is 3.72. The van der Waals surface area contributed by atoms with Crippen molar-refractivity contribution in [3.8, 4) is 0 Å². The number of rotatable bonds is 5. The summed E-state index contributed by atoms with van der Waals surface area (Å²) in [6.07, 6.45) is 1.44. The lowest BCUT2D eigenvalue weighted by molar-refractivity contribution is -0.0996. The van der Waals surface area contributed by atoms with Crippen LogP contribution in [0.5, 0.6) is 0 Å². The van der Waals surface area contributed by atoms with Gasteiger partial charge < -0.3 is 15.2 Å². The van der Waals surface area contributed by atoms with Crippen molar-refractivity contribution >= 4 is 0 Å². The molecule has 2 N–H and O–H groups in total. The van der Waals surface area contributed by atoms with E-state index in [1.165, 1.54) is 0 Å². The zero-order chi connectivity index (χ0) is 11.7. The van der Waals surface area contributed by atoms with Crippen LogP contribution in [0.1, 0.15) is 34.1 Å². The first-order valence-electron chi connectivity index (χ1n) is 5.70. The maximum Gasteiger partial charge on any atom is 0.0652 e. The molecule has 1 aliphatic rings. The molecule has 0 aliphatic heterocycles. The highest BCUT2D eigenvalue weighted by Gasteiger charge is 2.48. The smallest absolute Gasteiger partial charge is 0.0652 e. The van der Waals surface area contributed by atoms with E-state index in [1.807, 2.05) is 0 Å². The number of hydrogen-bond donors (Lipinski definition) is 2. The van der Waals surface area contributed by atoms with Gasteiger partial charge in [0.15, 0.2) is 0 Å². The molecule has 0 spiro atoms. The average Bonchev–Trinajstić information content (AvgIpc) is 2.16. The van der Waals surface area contributed by atoms with E-state index in [2.05, 4.69) is 33.0 Å². The number of aliphatic hydroxyl groups is 1. The van der Waals surface area contributed by atoms with Crippen LogP contribution in [0.3, 0.4) is 0 Å². The highest BCUT2D eigenvalue weighted by atomic mass is 16.5. The Bertz CT molecular complexity index is 214. The maximum absolute atomic E-state index is 9.16. The third kappa shape index (κ3) is 2.71. The maximum atomic E-state index is 9.16. The fraction of sp³-hybridized carbons (Fsp3) is 1.00. The van der Waals surface area contributed by atoms with Gasteiger partial charge in [-0.2, -0.15) is 0 Å². The fourth-order valence-electron chi connectivity index (χ4n) is 2.09. The topological polar surface area (TPSA) is 41.5 Å². The summed E-state index contributed by atoms with van der Waals surface area (Å²) in [7, 11) is 1.78. The van der Waals surface area contributed by atoms with Crippen LogP contribution in [0.2, 0.25) is 0 Å². The molecule has 0 heterocycles. The molecule has 0 amide bonds. The normalized spacial score (nSPS) is 30.0. The first kappa shape index (κ1) is 12.9. The van der Waals surface area contributed by atoms with E-state index in [-0.39, 0.29) is 17.4 Å². The molecule has 1 rings (SSSR count). The zero-order valence-electron chi connectivity index (χ0n) is 10.6. The molecule has 90 valence electrons. The van der Waals surface area contributed by atoms with Crippen LogP contribution in [0.4, 0.5) is 0 Å². The van der Waals surface area contributed by atoms with Crippen molar-refractivity contribution < 1.29 is 9.84 Å². The molecular formula is C12H25NO2. The average molecular weight is 215 g/mol. The lowest BCUT2D eigenvalue weighted by Gasteiger charge is -2.52. The van der Waals surface area contributed by atoms with Crippen LogP contribution in [-0.2, 0) is 4.74 Å². The Kier molecular flexibility index (Phi) is 3.80. The molecule has 1 aliphatic carbocycles. The van der Waals surface area contributed by atoms with Crippen LogP contribution in [0, 0.1) is 10.8 Å². The predicted molar refractivity (Wildman–Crippen MR) is 61.9 cm³/mol. The van der Waals surface area contributed by atoms with Crippen molar-refractivity contribution in [2.45, 2.75) is 46.3 Å². The summed E-state index contributed by atoms with van der Waals surface area (Å²) >= 11 is 0. The van der Waals surface area contributed by atoms with E-state index in [9.17, 15) is 0 Å². The first-order valence-corrected chi connectivity index (χ1v) is 5.70. The summed E-state index contributed by atoms with van der Waals surface area (Å²) in [4.78, 5) is 0. The molecule has 0 aromatic heterocycles. The minimum Gasteiger partial charge on any atom is -0.396 e. The Balaban J connectivity index is 2.37. The van der Waals surface area contributed by atoms with Gasteiger partial charge in [0.1, 0.15) is 0 Å². The van der Waals surface area contributed by atoms with E-state index in [0.717, 1.165) is 13.0 Å². The van der Waals surface area contributed by atoms with E-state index in [4.69, 9.17) is 9.84 Å². The Labute approximate surface area is 93.2 Å². The molecule has 1 saturated carbocycles. The van der Waals surface area contributed by atoms with Crippen LogP contribution >= 0.6 is 0 Å². The predicted octanol–water partition coefficient (Wildman–Crippen LogP) is 1.41. The summed E-state index contributed by atoms with van der Waals surface area (Å²) in [5, 5.41) is 12.7. The van der Waals surface area contributed by atoms with Crippen LogP contribution < -0.4 is 5.32 Å². The second-order valence-corrected chi connectivity index (χ2v) is 6.04. The van der Waals surface area contributed by atoms with Crippen LogP contribution in [-0.4, -0.2) is 37.5 Å². The Morgan fingerprint density at radius 1 is 1.47 bits per heavy atom. The summed E-state index contributed by atoms with van der Waals surface area (Å²) in [6.45, 7) is 9.68. The minimum absolute atomic E-state index is 0.0335. The molecule has 0 radical (unpaired) electrons. The third-order valence-corrected chi connectivity index (χ3v) is 3.72. The van der Waals surface area contributed by atoms with Gasteiger partial charge in [0.05, 0.1) is 6.10 Å². The van der Waals surface area contributed by atoms with Crippen LogP contribution in [0.25, 0.3) is 0 Å². The number of hydrogen-bond acceptors (Lipinski definition) is 3. The summed E-state index contributed by atoms with van der Waals surface area (Å²) in [5.41, 5.74) is 0.175. The number of ether oxygens (including phenoxy) is 1. The Morgan fingerprint density at radius 2 is 2.07 bits per heavy atom. The molecule has 2 unspecified atom stereocenters. The highest BCUT2D eigenvalue weighted by Crippen LogP contribution is 2.42. The van der Waals surface area contributed by atoms with Crippen molar-refractivity contribution in [2.24, 2.45) is 10.8 Å². The number of aliphatic hydroxyl groups excluding tert-OH is 1. The van der Waals surface area contributed by atoms with Gasteiger partial charge in [0, 0.05) is 37.1 Å². The standard InChI is InChI=1S/C12H25NO2/c1-11(2,8-14)7-13-9-6-10(15-5)12(9,3)4/h9-10,13-14H,6-8H2,1-5H3. The van der Waals surface area contributed by atoms with Crippen molar-refractivity contribution in [1.29, 1.82) is 0 Å². The number of methoxy groups -OCH3 is 1. The Hall–Kier alpha value is -0.120. The van der Waals surface area contributed by atoms with Crippen LogP contribution in [0.15, 0.2) is 0 Å². The summed E-state index contributed by atoms with van der Waals surface area (Å²) < 4.78 is 5.40. The molecular weight excluding hydrogens is 190 g/mol. The molecule has 0 saturated heterocycles. The van der Waals surface area contributed by atoms with Gasteiger partial charge in [0.2, 0.25) is 0 Å². The quantitative estimate of drug-likeness (QED) is 0.728. The molecule has 2 atom stereocenters. The lowest BCUT2D eigenvalue weighted by atomic mass is 9.64. The second-order valence-electron chi connectivity index (χ2n) is 6.04. The van der Waals surface area contributed by atoms with Gasteiger partial charge >= 0.3 is 0 Å². The lowest BCUT2D eigenvalue weighted by Crippen LogP contribution is -2.61. The van der Waals surface area contributed by atoms with Gasteiger partial charge in [-0.1, -0.05) is 27.7 Å². The van der Waals surface area contributed by atoms with Gasteiger partial charge in [-0.25, -0.2) is 0 Å². The van der Waals surface area contributed by atoms with Gasteiger partial charge in [-0.3, -0.25) is 0 Å². The molecule has 3 nitrogen and oxygen atoms in total. The van der Waals surface area contributed by atoms with E-state index in [1.54, 1.807) is 7.11 Å². The first-order chi connectivity index (χ1) is 6.83. The van der Waals surface area contributed by atoms with E-state index >= 15 is 0 Å². The second kappa shape index (κ2) is 4.40. The molecule has 0 aromatic carbocycles. The summed E-state index contributed by atoms with van der Waals surface area (Å²) in [5.74, 6) is 0. The molecule has 0 bridgehead atoms. The Morgan fingerprint density at radius 3 is 2.47 bits per heavy atom. The van der Waals surface area contributed by atoms with E-state index in [0.29, 0.717) is 12.1 Å². The monoisotopic (exact) mass is 215 g/mol. The van der Waals surface area contributed by atoms with Gasteiger partial charge in [-0.05, 0) is 6.42 Å². The van der Waals surface area contributed by atoms with Gasteiger partial charge in [0.25, 0.3) is 0 Å². The highest BCUT2D eigenvalue weighted by molar-refractivity contribution is 5.02. The van der Waals surface area contributed by atoms with Gasteiger partial charge in [-0.15, -0.1) is 0 Å². The zero-order valence-corrected chi connectivity index (χ0v) is 10.6. The molecule has 1 fully saturated rings. The van der Waals surface area contributed by atoms with Crippen molar-refractivity contribution in [3.05, 3.63) is 0 Å². The van der Waals surface area contributed by atoms with Crippen molar-refractivity contribution in [3.63, 3.8) is 0 Å². The SMILES string of the molecule is COC1CC(NCC(C)(C)CO)C1(C)C. The molecule has 15 heavy (non-hydrogen) atoms.